The molecule has 0 aromatic heterocycles. The predicted octanol–water partition coefficient (Wildman–Crippen LogP) is 3.13. The number of hydrogen-bond donors (Lipinski definition) is 1. The summed E-state index contributed by atoms with van der Waals surface area (Å²) in [4.78, 5) is 1.28. The van der Waals surface area contributed by atoms with Crippen molar-refractivity contribution in [2.45, 2.75) is 12.6 Å². The fourth-order valence-corrected chi connectivity index (χ4v) is 2.53. The molecule has 0 unspecified atom stereocenters. The van der Waals surface area contributed by atoms with Crippen LogP contribution in [-0.2, 0) is 0 Å². The summed E-state index contributed by atoms with van der Waals surface area (Å²) in [5.41, 5.74) is -0.481. The third-order valence-electron chi connectivity index (χ3n) is 3.51. The Labute approximate surface area is 124 Å². The molecule has 0 amide bonds. The van der Waals surface area contributed by atoms with E-state index in [2.05, 4.69) is 5.32 Å². The van der Waals surface area contributed by atoms with Gasteiger partial charge >= 0.3 is 6.18 Å². The Morgan fingerprint density at radius 2 is 1.91 bits per heavy atom. The van der Waals surface area contributed by atoms with E-state index in [-0.39, 0.29) is 30.3 Å². The van der Waals surface area contributed by atoms with Gasteiger partial charge in [-0.25, -0.2) is 8.78 Å². The largest absolute Gasteiger partial charge is 0.401 e. The van der Waals surface area contributed by atoms with Crippen molar-refractivity contribution in [2.75, 3.05) is 31.5 Å². The number of likely N-dealkylation sites (tertiary alicyclic amines) is 1. The molecule has 120 valence electrons. The van der Waals surface area contributed by atoms with Crippen LogP contribution >= 0.6 is 0 Å². The minimum Gasteiger partial charge on any atom is -0.380 e. The van der Waals surface area contributed by atoms with Gasteiger partial charge in [-0.05, 0) is 31.0 Å². The van der Waals surface area contributed by atoms with E-state index in [4.69, 9.17) is 5.26 Å². The molecule has 8 heteroatoms. The number of anilines is 1. The Kier molecular flexibility index (Phi) is 4.86. The number of hydrogen-bond acceptors (Lipinski definition) is 3. The van der Waals surface area contributed by atoms with Gasteiger partial charge in [0.05, 0.1) is 18.2 Å². The molecular weight excluding hydrogens is 305 g/mol. The zero-order chi connectivity index (χ0) is 16.3. The van der Waals surface area contributed by atoms with E-state index in [1.54, 1.807) is 6.07 Å². The Balaban J connectivity index is 1.91. The molecule has 0 radical (unpaired) electrons. The molecule has 22 heavy (non-hydrogen) atoms. The van der Waals surface area contributed by atoms with Crippen LogP contribution in [0.2, 0.25) is 0 Å². The van der Waals surface area contributed by atoms with Crippen molar-refractivity contribution in [1.82, 2.24) is 4.90 Å². The van der Waals surface area contributed by atoms with Crippen LogP contribution in [-0.4, -0.2) is 37.3 Å². The standard InChI is InChI=1S/C14H14F5N3/c15-11-3-10(5-20)4-12(16)13(11)21-6-9-1-2-22(7-9)8-14(17,18)19/h3-4,9,21H,1-2,6-8H2/t9-/m0/s1. The highest BCUT2D eigenvalue weighted by molar-refractivity contribution is 5.50. The number of halogens is 5. The third-order valence-corrected chi connectivity index (χ3v) is 3.51. The lowest BCUT2D eigenvalue weighted by atomic mass is 10.1. The molecule has 1 atom stereocenters. The van der Waals surface area contributed by atoms with Crippen LogP contribution in [0.1, 0.15) is 12.0 Å². The summed E-state index contributed by atoms with van der Waals surface area (Å²) in [5, 5.41) is 11.2. The number of alkyl halides is 3. The first-order chi connectivity index (χ1) is 10.3. The van der Waals surface area contributed by atoms with Crippen LogP contribution in [0.3, 0.4) is 0 Å². The summed E-state index contributed by atoms with van der Waals surface area (Å²) in [6.45, 7) is -0.257. The summed E-state index contributed by atoms with van der Waals surface area (Å²) in [6, 6.07) is 3.47. The van der Waals surface area contributed by atoms with Gasteiger partial charge in [-0.3, -0.25) is 4.90 Å². The molecule has 0 aliphatic carbocycles. The maximum absolute atomic E-state index is 13.7. The molecule has 0 bridgehead atoms. The van der Waals surface area contributed by atoms with Gasteiger partial charge in [0.15, 0.2) is 11.6 Å². The zero-order valence-electron chi connectivity index (χ0n) is 11.6. The van der Waals surface area contributed by atoms with Crippen molar-refractivity contribution >= 4 is 5.69 Å². The van der Waals surface area contributed by atoms with E-state index in [0.717, 1.165) is 12.1 Å². The van der Waals surface area contributed by atoms with Gasteiger partial charge < -0.3 is 5.32 Å². The molecule has 2 rings (SSSR count). The fraction of sp³-hybridized carbons (Fsp3) is 0.500. The van der Waals surface area contributed by atoms with Crippen LogP contribution in [0.25, 0.3) is 0 Å². The van der Waals surface area contributed by atoms with Gasteiger partial charge in [0.1, 0.15) is 5.69 Å². The zero-order valence-corrected chi connectivity index (χ0v) is 11.6. The first kappa shape index (κ1) is 16.5. The minimum absolute atomic E-state index is 0.114. The van der Waals surface area contributed by atoms with Crippen LogP contribution < -0.4 is 5.32 Å². The molecule has 1 fully saturated rings. The second kappa shape index (κ2) is 6.48. The minimum atomic E-state index is -4.24. The molecule has 1 N–H and O–H groups in total. The maximum Gasteiger partial charge on any atom is 0.401 e. The van der Waals surface area contributed by atoms with Gasteiger partial charge in [-0.15, -0.1) is 0 Å². The lowest BCUT2D eigenvalue weighted by molar-refractivity contribution is -0.143. The highest BCUT2D eigenvalue weighted by Gasteiger charge is 2.34. The summed E-state index contributed by atoms with van der Waals surface area (Å²) < 4.78 is 64.2. The monoisotopic (exact) mass is 319 g/mol. The lowest BCUT2D eigenvalue weighted by Crippen LogP contribution is -2.33. The van der Waals surface area contributed by atoms with E-state index in [0.29, 0.717) is 13.0 Å². The number of benzene rings is 1. The lowest BCUT2D eigenvalue weighted by Gasteiger charge is -2.18. The molecule has 1 aromatic rings. The van der Waals surface area contributed by atoms with Gasteiger partial charge in [0.25, 0.3) is 0 Å². The van der Waals surface area contributed by atoms with E-state index in [9.17, 15) is 22.0 Å². The van der Waals surface area contributed by atoms with Crippen molar-refractivity contribution in [3.63, 3.8) is 0 Å². The van der Waals surface area contributed by atoms with Crippen molar-refractivity contribution in [2.24, 2.45) is 5.92 Å². The first-order valence-corrected chi connectivity index (χ1v) is 6.70. The molecule has 1 aliphatic rings. The molecule has 1 aliphatic heterocycles. The number of rotatable bonds is 4. The number of nitrogens with zero attached hydrogens (tertiary/aromatic N) is 2. The summed E-state index contributed by atoms with van der Waals surface area (Å²) >= 11 is 0. The highest BCUT2D eigenvalue weighted by atomic mass is 19.4. The molecule has 0 saturated carbocycles. The average molecular weight is 319 g/mol. The van der Waals surface area contributed by atoms with E-state index in [1.807, 2.05) is 0 Å². The quantitative estimate of drug-likeness (QED) is 0.867. The van der Waals surface area contributed by atoms with Gasteiger partial charge in [-0.1, -0.05) is 0 Å². The highest BCUT2D eigenvalue weighted by Crippen LogP contribution is 2.25. The smallest absolute Gasteiger partial charge is 0.380 e. The van der Waals surface area contributed by atoms with Crippen LogP contribution in [0.4, 0.5) is 27.6 Å². The molecular formula is C14H14F5N3. The average Bonchev–Trinajstić information content (AvgIpc) is 2.82. The SMILES string of the molecule is N#Cc1cc(F)c(NC[C@@H]2CCN(CC(F)(F)F)C2)c(F)c1. The van der Waals surface area contributed by atoms with Crippen molar-refractivity contribution in [3.05, 3.63) is 29.3 Å². The van der Waals surface area contributed by atoms with Crippen LogP contribution in [0.5, 0.6) is 0 Å². The topological polar surface area (TPSA) is 39.1 Å². The maximum atomic E-state index is 13.7. The second-order valence-electron chi connectivity index (χ2n) is 5.31. The molecule has 3 nitrogen and oxygen atoms in total. The Hall–Kier alpha value is -1.88. The second-order valence-corrected chi connectivity index (χ2v) is 5.31. The normalized spacial score (nSPS) is 19.2. The number of nitrogens with one attached hydrogen (secondary N) is 1. The first-order valence-electron chi connectivity index (χ1n) is 6.70. The van der Waals surface area contributed by atoms with Crippen LogP contribution in [0, 0.1) is 28.9 Å². The van der Waals surface area contributed by atoms with Crippen molar-refractivity contribution in [3.8, 4) is 6.07 Å². The summed E-state index contributed by atoms with van der Waals surface area (Å²) in [7, 11) is 0. The molecule has 0 spiro atoms. The fourth-order valence-electron chi connectivity index (χ4n) is 2.53. The van der Waals surface area contributed by atoms with E-state index in [1.165, 1.54) is 4.90 Å². The Morgan fingerprint density at radius 1 is 1.27 bits per heavy atom. The van der Waals surface area contributed by atoms with Gasteiger partial charge in [0.2, 0.25) is 0 Å². The summed E-state index contributed by atoms with van der Waals surface area (Å²) in [6.07, 6.45) is -3.71. The third kappa shape index (κ3) is 4.31. The summed E-state index contributed by atoms with van der Waals surface area (Å²) in [5.74, 6) is -1.89. The molecule has 1 heterocycles. The van der Waals surface area contributed by atoms with Crippen molar-refractivity contribution < 1.29 is 22.0 Å². The molecule has 1 saturated heterocycles. The number of nitriles is 1. The van der Waals surface area contributed by atoms with E-state index >= 15 is 0 Å². The predicted molar refractivity (Wildman–Crippen MR) is 70.2 cm³/mol. The van der Waals surface area contributed by atoms with Crippen molar-refractivity contribution in [1.29, 1.82) is 5.26 Å². The van der Waals surface area contributed by atoms with E-state index < -0.39 is 24.4 Å². The molecule has 1 aromatic carbocycles. The van der Waals surface area contributed by atoms with Crippen LogP contribution in [0.15, 0.2) is 12.1 Å². The van der Waals surface area contributed by atoms with Gasteiger partial charge in [0, 0.05) is 13.1 Å². The van der Waals surface area contributed by atoms with Gasteiger partial charge in [-0.2, -0.15) is 18.4 Å². The Bertz CT molecular complexity index is 556. The Morgan fingerprint density at radius 3 is 2.45 bits per heavy atom.